The van der Waals surface area contributed by atoms with E-state index in [0.29, 0.717) is 5.69 Å². The number of fused-ring (bicyclic) bond motifs is 5. The van der Waals surface area contributed by atoms with Crippen molar-refractivity contribution >= 4 is 29.4 Å². The summed E-state index contributed by atoms with van der Waals surface area (Å²) in [4.78, 5) is 50.7. The summed E-state index contributed by atoms with van der Waals surface area (Å²) in [6.07, 6.45) is 1.07. The molecule has 2 bridgehead atoms. The summed E-state index contributed by atoms with van der Waals surface area (Å²) in [6.45, 7) is 4.19. The molecule has 3 aliphatic heterocycles. The van der Waals surface area contributed by atoms with Gasteiger partial charge in [0.25, 0.3) is 6.29 Å². The fourth-order valence-corrected chi connectivity index (χ4v) is 4.24. The molecule has 28 heavy (non-hydrogen) atoms. The van der Waals surface area contributed by atoms with Crippen molar-refractivity contribution < 1.29 is 33.4 Å². The summed E-state index contributed by atoms with van der Waals surface area (Å²) in [5.74, 6) is -3.99. The van der Waals surface area contributed by atoms with Crippen LogP contribution >= 0.6 is 0 Å². The normalized spacial score (nSPS) is 30.1. The predicted molar refractivity (Wildman–Crippen MR) is 94.7 cm³/mol. The second-order valence-corrected chi connectivity index (χ2v) is 7.20. The van der Waals surface area contributed by atoms with E-state index in [2.05, 4.69) is 0 Å². The number of esters is 2. The highest BCUT2D eigenvalue weighted by molar-refractivity contribution is 6.23. The molecule has 2 saturated heterocycles. The first-order chi connectivity index (χ1) is 13.2. The van der Waals surface area contributed by atoms with Gasteiger partial charge in [-0.25, -0.2) is 4.90 Å². The number of hydrogen-bond acceptors (Lipinski definition) is 7. The molecule has 0 unspecified atom stereocenters. The van der Waals surface area contributed by atoms with Crippen molar-refractivity contribution in [2.45, 2.75) is 38.8 Å². The van der Waals surface area contributed by atoms with E-state index >= 15 is 0 Å². The zero-order valence-electron chi connectivity index (χ0n) is 15.6. The summed E-state index contributed by atoms with van der Waals surface area (Å²) in [5.41, 5.74) is -0.159. The first kappa shape index (κ1) is 18.4. The number of hydrogen-bond donors (Lipinski definition) is 0. The van der Waals surface area contributed by atoms with Gasteiger partial charge in [0.15, 0.2) is 5.60 Å². The molecule has 0 spiro atoms. The smallest absolute Gasteiger partial charge is 0.305 e. The molecule has 1 aromatic rings. The topological polar surface area (TPSA) is 99.2 Å². The van der Waals surface area contributed by atoms with Crippen molar-refractivity contribution in [3.8, 4) is 0 Å². The predicted octanol–water partition coefficient (Wildman–Crippen LogP) is 1.26. The number of ether oxygens (including phenoxy) is 3. The standard InChI is InChI=1S/C20H19NO7/c1-10-5-4-6-13(9-10)21-17(24)15-14-7-8-20(28-14,16(15)18(21)25)19(26-11(2)22)27-12(3)23/h4-9,14-16,19H,1-3H3/t14-,15+,16+,20+/m1/s1. The van der Waals surface area contributed by atoms with E-state index in [1.54, 1.807) is 30.4 Å². The number of anilines is 1. The Morgan fingerprint density at radius 1 is 1.14 bits per heavy atom. The van der Waals surface area contributed by atoms with Gasteiger partial charge in [0, 0.05) is 13.8 Å². The van der Waals surface area contributed by atoms with Crippen LogP contribution in [-0.2, 0) is 33.4 Å². The molecule has 1 aromatic carbocycles. The zero-order chi connectivity index (χ0) is 20.2. The lowest BCUT2D eigenvalue weighted by Gasteiger charge is -2.34. The maximum Gasteiger partial charge on any atom is 0.305 e. The van der Waals surface area contributed by atoms with Crippen molar-refractivity contribution in [3.63, 3.8) is 0 Å². The average molecular weight is 385 g/mol. The Balaban J connectivity index is 1.75. The third-order valence-corrected chi connectivity index (χ3v) is 5.25. The van der Waals surface area contributed by atoms with Gasteiger partial charge in [-0.3, -0.25) is 19.2 Å². The van der Waals surface area contributed by atoms with Crippen LogP contribution in [0, 0.1) is 18.8 Å². The molecule has 3 aliphatic rings. The molecule has 4 atom stereocenters. The van der Waals surface area contributed by atoms with Crippen LogP contribution in [0.4, 0.5) is 5.69 Å². The van der Waals surface area contributed by atoms with E-state index < -0.39 is 47.7 Å². The van der Waals surface area contributed by atoms with Crippen LogP contribution in [-0.4, -0.2) is 41.7 Å². The summed E-state index contributed by atoms with van der Waals surface area (Å²) < 4.78 is 16.3. The third-order valence-electron chi connectivity index (χ3n) is 5.25. The van der Waals surface area contributed by atoms with E-state index in [1.807, 2.05) is 13.0 Å². The van der Waals surface area contributed by atoms with Crippen molar-refractivity contribution in [2.24, 2.45) is 11.8 Å². The van der Waals surface area contributed by atoms with E-state index in [9.17, 15) is 19.2 Å². The highest BCUT2D eigenvalue weighted by Crippen LogP contribution is 2.54. The first-order valence-corrected chi connectivity index (χ1v) is 8.90. The Hall–Kier alpha value is -3.00. The average Bonchev–Trinajstić information content (AvgIpc) is 3.25. The molecule has 8 nitrogen and oxygen atoms in total. The summed E-state index contributed by atoms with van der Waals surface area (Å²) in [7, 11) is 0. The van der Waals surface area contributed by atoms with E-state index in [4.69, 9.17) is 14.2 Å². The van der Waals surface area contributed by atoms with Gasteiger partial charge in [-0.1, -0.05) is 18.2 Å². The lowest BCUT2D eigenvalue weighted by molar-refractivity contribution is -0.226. The molecule has 0 aromatic heterocycles. The highest BCUT2D eigenvalue weighted by Gasteiger charge is 2.72. The molecule has 2 fully saturated rings. The number of imide groups is 1. The van der Waals surface area contributed by atoms with Crippen molar-refractivity contribution in [3.05, 3.63) is 42.0 Å². The van der Waals surface area contributed by atoms with Crippen LogP contribution in [0.3, 0.4) is 0 Å². The van der Waals surface area contributed by atoms with Gasteiger partial charge < -0.3 is 14.2 Å². The molecule has 2 amide bonds. The minimum atomic E-state index is -1.53. The summed E-state index contributed by atoms with van der Waals surface area (Å²) in [6, 6.07) is 7.05. The molecule has 0 saturated carbocycles. The van der Waals surface area contributed by atoms with Crippen LogP contribution in [0.1, 0.15) is 19.4 Å². The quantitative estimate of drug-likeness (QED) is 0.333. The zero-order valence-corrected chi connectivity index (χ0v) is 15.6. The molecule has 0 radical (unpaired) electrons. The lowest BCUT2D eigenvalue weighted by Crippen LogP contribution is -2.52. The van der Waals surface area contributed by atoms with Crippen molar-refractivity contribution in [1.82, 2.24) is 0 Å². The molecule has 4 rings (SSSR count). The molecule has 146 valence electrons. The van der Waals surface area contributed by atoms with Gasteiger partial charge in [-0.2, -0.15) is 0 Å². The number of carbonyl (C=O) groups is 4. The summed E-state index contributed by atoms with van der Waals surface area (Å²) >= 11 is 0. The van der Waals surface area contributed by atoms with Gasteiger partial charge >= 0.3 is 11.9 Å². The fraction of sp³-hybridized carbons (Fsp3) is 0.400. The second-order valence-electron chi connectivity index (χ2n) is 7.20. The SMILES string of the molecule is CC(=O)OC(OC(C)=O)[C@@]12C=C[C@@H](O1)[C@@H]1C(=O)N(c3cccc(C)c3)C(=O)[C@H]12. The Labute approximate surface area is 161 Å². The van der Waals surface area contributed by atoms with Crippen LogP contribution in [0.25, 0.3) is 0 Å². The van der Waals surface area contributed by atoms with Gasteiger partial charge in [0.05, 0.1) is 23.6 Å². The molecule has 0 aliphatic carbocycles. The number of nitrogens with zero attached hydrogens (tertiary/aromatic N) is 1. The Morgan fingerprint density at radius 2 is 1.82 bits per heavy atom. The number of benzene rings is 1. The van der Waals surface area contributed by atoms with Crippen LogP contribution in [0.5, 0.6) is 0 Å². The van der Waals surface area contributed by atoms with Gasteiger partial charge in [-0.15, -0.1) is 0 Å². The Kier molecular flexibility index (Phi) is 4.11. The van der Waals surface area contributed by atoms with E-state index in [0.717, 1.165) is 24.3 Å². The third kappa shape index (κ3) is 2.56. The molecule has 8 heteroatoms. The van der Waals surface area contributed by atoms with Gasteiger partial charge in [-0.05, 0) is 30.7 Å². The minimum absolute atomic E-state index is 0.388. The van der Waals surface area contributed by atoms with Crippen LogP contribution < -0.4 is 4.90 Å². The van der Waals surface area contributed by atoms with Crippen LogP contribution in [0.2, 0.25) is 0 Å². The minimum Gasteiger partial charge on any atom is -0.422 e. The highest BCUT2D eigenvalue weighted by atomic mass is 16.7. The Bertz CT molecular complexity index is 907. The molecular formula is C20H19NO7. The second kappa shape index (κ2) is 6.27. The Morgan fingerprint density at radius 3 is 2.43 bits per heavy atom. The van der Waals surface area contributed by atoms with Crippen molar-refractivity contribution in [1.29, 1.82) is 0 Å². The number of carbonyl (C=O) groups excluding carboxylic acids is 4. The van der Waals surface area contributed by atoms with Gasteiger partial charge in [0.2, 0.25) is 11.8 Å². The molecular weight excluding hydrogens is 366 g/mol. The lowest BCUT2D eigenvalue weighted by atomic mass is 9.76. The van der Waals surface area contributed by atoms with Crippen LogP contribution in [0.15, 0.2) is 36.4 Å². The first-order valence-electron chi connectivity index (χ1n) is 8.90. The van der Waals surface area contributed by atoms with Gasteiger partial charge in [0.1, 0.15) is 0 Å². The molecule has 0 N–H and O–H groups in total. The maximum absolute atomic E-state index is 13.3. The van der Waals surface area contributed by atoms with E-state index in [-0.39, 0.29) is 5.91 Å². The largest absolute Gasteiger partial charge is 0.422 e. The van der Waals surface area contributed by atoms with Crippen molar-refractivity contribution in [2.75, 3.05) is 4.90 Å². The molecule has 3 heterocycles. The monoisotopic (exact) mass is 385 g/mol. The number of amides is 2. The van der Waals surface area contributed by atoms with E-state index in [1.165, 1.54) is 0 Å². The maximum atomic E-state index is 13.3. The number of rotatable bonds is 4. The number of aryl methyl sites for hydroxylation is 1. The fourth-order valence-electron chi connectivity index (χ4n) is 4.24. The summed E-state index contributed by atoms with van der Waals surface area (Å²) in [5, 5.41) is 0.